The summed E-state index contributed by atoms with van der Waals surface area (Å²) in [5, 5.41) is 2.72. The molecule has 0 spiro atoms. The summed E-state index contributed by atoms with van der Waals surface area (Å²) < 4.78 is 18.5. The molecule has 1 saturated heterocycles. The Kier molecular flexibility index (Phi) is 6.34. The quantitative estimate of drug-likeness (QED) is 0.855. The van der Waals surface area contributed by atoms with Crippen molar-refractivity contribution in [3.05, 3.63) is 59.4 Å². The van der Waals surface area contributed by atoms with E-state index in [1.807, 2.05) is 28.8 Å². The highest BCUT2D eigenvalue weighted by Gasteiger charge is 2.17. The van der Waals surface area contributed by atoms with Gasteiger partial charge in [-0.15, -0.1) is 0 Å². The van der Waals surface area contributed by atoms with Gasteiger partial charge in [0.2, 0.25) is 5.91 Å². The van der Waals surface area contributed by atoms with E-state index in [4.69, 9.17) is 4.74 Å². The van der Waals surface area contributed by atoms with Crippen LogP contribution in [0.4, 0.5) is 10.1 Å². The van der Waals surface area contributed by atoms with E-state index in [2.05, 4.69) is 5.32 Å². The molecule has 142 valence electrons. The summed E-state index contributed by atoms with van der Waals surface area (Å²) in [6, 6.07) is 10.9. The number of thioether (sulfide) groups is 1. The number of rotatable bonds is 5. The molecular weight excluding hydrogens is 367 g/mol. The van der Waals surface area contributed by atoms with Crippen molar-refractivity contribution < 1.29 is 18.7 Å². The lowest BCUT2D eigenvalue weighted by Crippen LogP contribution is -2.38. The normalized spacial score (nSPS) is 13.9. The molecule has 2 amide bonds. The highest BCUT2D eigenvalue weighted by Crippen LogP contribution is 2.21. The van der Waals surface area contributed by atoms with E-state index in [9.17, 15) is 14.0 Å². The summed E-state index contributed by atoms with van der Waals surface area (Å²) in [6.07, 6.45) is 0.344. The van der Waals surface area contributed by atoms with Crippen molar-refractivity contribution in [3.63, 3.8) is 0 Å². The monoisotopic (exact) mass is 388 g/mol. The number of benzene rings is 2. The fraction of sp³-hybridized carbons (Fsp3) is 0.300. The van der Waals surface area contributed by atoms with Crippen LogP contribution in [-0.2, 0) is 11.2 Å². The first-order chi connectivity index (χ1) is 13.1. The highest BCUT2D eigenvalue weighted by molar-refractivity contribution is 7.99. The van der Waals surface area contributed by atoms with Gasteiger partial charge in [-0.1, -0.05) is 12.1 Å². The van der Waals surface area contributed by atoms with Crippen LogP contribution in [0.3, 0.4) is 0 Å². The Bertz CT molecular complexity index is 820. The van der Waals surface area contributed by atoms with Crippen LogP contribution in [0.1, 0.15) is 15.9 Å². The minimum absolute atomic E-state index is 0.122. The van der Waals surface area contributed by atoms with Crippen molar-refractivity contribution in [1.29, 1.82) is 0 Å². The number of halogens is 1. The smallest absolute Gasteiger partial charge is 0.259 e. The van der Waals surface area contributed by atoms with E-state index in [0.29, 0.717) is 17.9 Å². The van der Waals surface area contributed by atoms with Crippen LogP contribution < -0.4 is 10.1 Å². The molecule has 5 nitrogen and oxygen atoms in total. The second kappa shape index (κ2) is 8.90. The summed E-state index contributed by atoms with van der Waals surface area (Å²) >= 11 is 1.87. The zero-order valence-corrected chi connectivity index (χ0v) is 15.9. The number of nitrogens with one attached hydrogen (secondary N) is 1. The molecule has 2 aromatic rings. The number of hydrogen-bond acceptors (Lipinski definition) is 4. The molecule has 27 heavy (non-hydrogen) atoms. The van der Waals surface area contributed by atoms with Crippen LogP contribution in [-0.4, -0.2) is 48.4 Å². The molecule has 1 heterocycles. The minimum atomic E-state index is -0.508. The van der Waals surface area contributed by atoms with E-state index in [0.717, 1.165) is 36.2 Å². The number of carbonyl (C=O) groups is 2. The van der Waals surface area contributed by atoms with Crippen LogP contribution in [0, 0.1) is 5.82 Å². The zero-order chi connectivity index (χ0) is 19.2. The molecule has 0 atom stereocenters. The Morgan fingerprint density at radius 2 is 1.85 bits per heavy atom. The lowest BCUT2D eigenvalue weighted by molar-refractivity contribution is -0.130. The maximum atomic E-state index is 13.4. The van der Waals surface area contributed by atoms with E-state index < -0.39 is 11.7 Å². The van der Waals surface area contributed by atoms with Crippen molar-refractivity contribution in [2.75, 3.05) is 37.0 Å². The average Bonchev–Trinajstić information content (AvgIpc) is 2.70. The lowest BCUT2D eigenvalue weighted by Gasteiger charge is -2.26. The Morgan fingerprint density at radius 3 is 2.52 bits per heavy atom. The summed E-state index contributed by atoms with van der Waals surface area (Å²) in [7, 11) is 1.43. The van der Waals surface area contributed by atoms with Crippen molar-refractivity contribution in [3.8, 4) is 5.75 Å². The van der Waals surface area contributed by atoms with Crippen LogP contribution in [0.15, 0.2) is 42.5 Å². The van der Waals surface area contributed by atoms with E-state index >= 15 is 0 Å². The van der Waals surface area contributed by atoms with Crippen molar-refractivity contribution >= 4 is 29.3 Å². The fourth-order valence-corrected chi connectivity index (χ4v) is 3.76. The van der Waals surface area contributed by atoms with Gasteiger partial charge < -0.3 is 15.0 Å². The molecule has 0 bridgehead atoms. The molecule has 1 aliphatic heterocycles. The summed E-state index contributed by atoms with van der Waals surface area (Å²) in [5.41, 5.74) is 1.58. The predicted molar refractivity (Wildman–Crippen MR) is 105 cm³/mol. The molecule has 0 aliphatic carbocycles. The summed E-state index contributed by atoms with van der Waals surface area (Å²) in [4.78, 5) is 26.6. The number of carbonyl (C=O) groups excluding carboxylic acids is 2. The van der Waals surface area contributed by atoms with E-state index in [-0.39, 0.29) is 11.5 Å². The number of amides is 2. The zero-order valence-electron chi connectivity index (χ0n) is 15.0. The summed E-state index contributed by atoms with van der Waals surface area (Å²) in [5.74, 6) is 1.43. The maximum Gasteiger partial charge on any atom is 0.259 e. The van der Waals surface area contributed by atoms with Gasteiger partial charge in [-0.05, 0) is 35.9 Å². The molecular formula is C20H21FN2O3S. The van der Waals surface area contributed by atoms with Gasteiger partial charge in [0.15, 0.2) is 0 Å². The topological polar surface area (TPSA) is 58.6 Å². The maximum absolute atomic E-state index is 13.4. The van der Waals surface area contributed by atoms with Gasteiger partial charge in [-0.2, -0.15) is 11.8 Å². The predicted octanol–water partition coefficient (Wildman–Crippen LogP) is 3.20. The third kappa shape index (κ3) is 5.01. The third-order valence-electron chi connectivity index (χ3n) is 4.34. The van der Waals surface area contributed by atoms with Gasteiger partial charge in [-0.25, -0.2) is 4.39 Å². The second-order valence-electron chi connectivity index (χ2n) is 6.17. The molecule has 1 N–H and O–H groups in total. The van der Waals surface area contributed by atoms with Crippen molar-refractivity contribution in [1.82, 2.24) is 4.90 Å². The Balaban J connectivity index is 1.63. The van der Waals surface area contributed by atoms with Gasteiger partial charge >= 0.3 is 0 Å². The Labute approximate surface area is 161 Å². The Morgan fingerprint density at radius 1 is 1.15 bits per heavy atom. The molecule has 0 aromatic heterocycles. The molecule has 2 aromatic carbocycles. The first-order valence-electron chi connectivity index (χ1n) is 8.66. The van der Waals surface area contributed by atoms with Crippen LogP contribution >= 0.6 is 11.8 Å². The fourth-order valence-electron chi connectivity index (χ4n) is 2.86. The first kappa shape index (κ1) is 19.2. The van der Waals surface area contributed by atoms with E-state index in [1.54, 1.807) is 12.1 Å². The summed E-state index contributed by atoms with van der Waals surface area (Å²) in [6.45, 7) is 1.60. The van der Waals surface area contributed by atoms with Crippen LogP contribution in [0.25, 0.3) is 0 Å². The van der Waals surface area contributed by atoms with Gasteiger partial charge in [0, 0.05) is 30.3 Å². The van der Waals surface area contributed by atoms with Crippen molar-refractivity contribution in [2.24, 2.45) is 0 Å². The molecule has 7 heteroatoms. The van der Waals surface area contributed by atoms with Gasteiger partial charge in [0.05, 0.1) is 19.1 Å². The number of methoxy groups -OCH3 is 1. The SMILES string of the molecule is COc1ccc(F)cc1C(=O)Nc1ccc(CC(=O)N2CCSCC2)cc1. The molecule has 0 radical (unpaired) electrons. The lowest BCUT2D eigenvalue weighted by atomic mass is 10.1. The molecule has 1 aliphatic rings. The molecule has 0 unspecified atom stereocenters. The number of hydrogen-bond donors (Lipinski definition) is 1. The van der Waals surface area contributed by atoms with Crippen LogP contribution in [0.5, 0.6) is 5.75 Å². The first-order valence-corrected chi connectivity index (χ1v) is 9.81. The third-order valence-corrected chi connectivity index (χ3v) is 5.28. The standard InChI is InChI=1S/C20H21FN2O3S/c1-26-18-7-4-15(21)13-17(18)20(25)22-16-5-2-14(3-6-16)12-19(24)23-8-10-27-11-9-23/h2-7,13H,8-12H2,1H3,(H,22,25). The van der Waals surface area contributed by atoms with Gasteiger partial charge in [0.1, 0.15) is 11.6 Å². The van der Waals surface area contributed by atoms with Gasteiger partial charge in [-0.3, -0.25) is 9.59 Å². The molecule has 1 fully saturated rings. The van der Waals surface area contributed by atoms with Crippen LogP contribution in [0.2, 0.25) is 0 Å². The number of ether oxygens (including phenoxy) is 1. The molecule has 3 rings (SSSR count). The second-order valence-corrected chi connectivity index (χ2v) is 7.39. The average molecular weight is 388 g/mol. The largest absolute Gasteiger partial charge is 0.496 e. The highest BCUT2D eigenvalue weighted by atomic mass is 32.2. The molecule has 0 saturated carbocycles. The number of nitrogens with zero attached hydrogens (tertiary/aromatic N) is 1. The number of anilines is 1. The van der Waals surface area contributed by atoms with Crippen molar-refractivity contribution in [2.45, 2.75) is 6.42 Å². The minimum Gasteiger partial charge on any atom is -0.496 e. The van der Waals surface area contributed by atoms with Gasteiger partial charge in [0.25, 0.3) is 5.91 Å². The van der Waals surface area contributed by atoms with E-state index in [1.165, 1.54) is 19.2 Å². The Hall–Kier alpha value is -2.54.